The van der Waals surface area contributed by atoms with E-state index in [1.54, 1.807) is 18.8 Å². The topological polar surface area (TPSA) is 101 Å². The summed E-state index contributed by atoms with van der Waals surface area (Å²) in [6.07, 6.45) is 5.17. The van der Waals surface area contributed by atoms with Crippen molar-refractivity contribution in [1.29, 1.82) is 0 Å². The highest BCUT2D eigenvalue weighted by Gasteiger charge is 2.40. The van der Waals surface area contributed by atoms with Crippen LogP contribution in [0, 0.1) is 19.3 Å². The van der Waals surface area contributed by atoms with Crippen molar-refractivity contribution < 1.29 is 23.7 Å². The number of ether oxygens (including phenoxy) is 4. The molecule has 2 aliphatic rings. The van der Waals surface area contributed by atoms with Gasteiger partial charge in [0.05, 0.1) is 43.5 Å². The number of hydrogen-bond donors (Lipinski definition) is 0. The van der Waals surface area contributed by atoms with Gasteiger partial charge < -0.3 is 23.8 Å². The highest BCUT2D eigenvalue weighted by Crippen LogP contribution is 2.39. The molecule has 2 aliphatic heterocycles. The van der Waals surface area contributed by atoms with Gasteiger partial charge in [0.1, 0.15) is 17.8 Å². The summed E-state index contributed by atoms with van der Waals surface area (Å²) >= 11 is 0. The Morgan fingerprint density at radius 1 is 1.05 bits per heavy atom. The van der Waals surface area contributed by atoms with Crippen LogP contribution in [0.2, 0.25) is 0 Å². The summed E-state index contributed by atoms with van der Waals surface area (Å²) in [4.78, 5) is 24.2. The first-order valence-corrected chi connectivity index (χ1v) is 14.9. The molecule has 4 heterocycles. The lowest BCUT2D eigenvalue weighted by atomic mass is 9.77. The third kappa shape index (κ3) is 6.35. The molecule has 43 heavy (non-hydrogen) atoms. The molecule has 6 rings (SSSR count). The fourth-order valence-electron chi connectivity index (χ4n) is 5.97. The minimum absolute atomic E-state index is 0.0238. The van der Waals surface area contributed by atoms with Crippen molar-refractivity contribution in [2.45, 2.75) is 39.5 Å². The number of carbonyl (C=O) groups is 1. The second-order valence-corrected chi connectivity index (χ2v) is 11.8. The molecule has 0 aliphatic carbocycles. The van der Waals surface area contributed by atoms with E-state index >= 15 is 0 Å². The minimum Gasteiger partial charge on any atom is -0.493 e. The summed E-state index contributed by atoms with van der Waals surface area (Å²) in [5, 5.41) is 5.01. The Balaban J connectivity index is 1.09. The van der Waals surface area contributed by atoms with E-state index in [2.05, 4.69) is 20.0 Å². The first kappa shape index (κ1) is 29.1. The van der Waals surface area contributed by atoms with Crippen molar-refractivity contribution in [3.63, 3.8) is 0 Å². The Bertz CT molecular complexity index is 1620. The van der Waals surface area contributed by atoms with Crippen LogP contribution in [0.1, 0.15) is 46.6 Å². The molecule has 0 radical (unpaired) electrons. The summed E-state index contributed by atoms with van der Waals surface area (Å²) in [6, 6.07) is 11.3. The summed E-state index contributed by atoms with van der Waals surface area (Å²) < 4.78 is 25.1. The first-order chi connectivity index (χ1) is 20.8. The third-order valence-corrected chi connectivity index (χ3v) is 8.66. The maximum Gasteiger partial charge on any atom is 0.230 e. The second kappa shape index (κ2) is 12.3. The highest BCUT2D eigenvalue weighted by atomic mass is 16.5. The lowest BCUT2D eigenvalue weighted by Gasteiger charge is -2.47. The molecule has 10 nitrogen and oxygen atoms in total. The van der Waals surface area contributed by atoms with Crippen LogP contribution in [0.3, 0.4) is 0 Å². The van der Waals surface area contributed by atoms with Gasteiger partial charge in [-0.15, -0.1) is 0 Å². The summed E-state index contributed by atoms with van der Waals surface area (Å²) in [5.74, 6) is 2.32. The summed E-state index contributed by atoms with van der Waals surface area (Å²) in [5.41, 5.74) is 4.47. The molecule has 10 heteroatoms. The zero-order valence-electron chi connectivity index (χ0n) is 25.4. The van der Waals surface area contributed by atoms with E-state index in [4.69, 9.17) is 18.9 Å². The molecular formula is C33H39N5O5. The number of rotatable bonds is 11. The number of Topliss-reactive ketones (excluding diaryl/α,β-unsaturated/α-hetero) is 1. The van der Waals surface area contributed by atoms with Crippen molar-refractivity contribution >= 4 is 16.7 Å². The number of nitrogens with zero attached hydrogens (tertiary/aromatic N) is 5. The largest absolute Gasteiger partial charge is 0.493 e. The average Bonchev–Trinajstić information content (AvgIpc) is 3.33. The van der Waals surface area contributed by atoms with E-state index in [1.165, 1.54) is 19.2 Å². The molecule has 0 saturated carbocycles. The van der Waals surface area contributed by atoms with E-state index in [1.807, 2.05) is 50.2 Å². The third-order valence-electron chi connectivity index (χ3n) is 8.66. The molecule has 4 aromatic rings. The van der Waals surface area contributed by atoms with Gasteiger partial charge in [-0.25, -0.2) is 9.97 Å². The Morgan fingerprint density at radius 3 is 2.53 bits per heavy atom. The molecular weight excluding hydrogens is 546 g/mol. The van der Waals surface area contributed by atoms with Gasteiger partial charge in [0.15, 0.2) is 17.3 Å². The SMILES string of the molecule is COc1cc2c(Oc3ccc(CC(=O)c4cc(C)nn4C)c(C)c3)ncnc2cc1OCCCN1CCC2(CC1)COC2. The Hall–Kier alpha value is -4.02. The van der Waals surface area contributed by atoms with Gasteiger partial charge in [0.25, 0.3) is 0 Å². The number of aromatic nitrogens is 4. The van der Waals surface area contributed by atoms with Gasteiger partial charge in [-0.2, -0.15) is 5.10 Å². The van der Waals surface area contributed by atoms with Crippen molar-refractivity contribution in [2.75, 3.05) is 46.6 Å². The number of fused-ring (bicyclic) bond motifs is 1. The molecule has 0 amide bonds. The summed E-state index contributed by atoms with van der Waals surface area (Å²) in [7, 11) is 3.42. The van der Waals surface area contributed by atoms with E-state index in [0.717, 1.165) is 61.5 Å². The monoisotopic (exact) mass is 585 g/mol. The molecule has 0 atom stereocenters. The predicted octanol–water partition coefficient (Wildman–Crippen LogP) is 5.09. The molecule has 2 aromatic carbocycles. The average molecular weight is 586 g/mol. The van der Waals surface area contributed by atoms with E-state index < -0.39 is 0 Å². The van der Waals surface area contributed by atoms with Gasteiger partial charge in [0.2, 0.25) is 5.88 Å². The molecule has 226 valence electrons. The zero-order chi connectivity index (χ0) is 30.0. The van der Waals surface area contributed by atoms with Crippen LogP contribution in [-0.4, -0.2) is 77.0 Å². The van der Waals surface area contributed by atoms with Crippen LogP contribution in [-0.2, 0) is 18.2 Å². The standard InChI is InChI=1S/C33H39N5O5/c1-22-14-25(7-6-24(22)16-29(39)28-15-23(2)36-37(28)3)43-32-26-17-30(40-4)31(18-27(26)34-21-35-32)42-13-5-10-38-11-8-33(9-12-38)19-41-20-33/h6-7,14-15,17-18,21H,5,8-13,16,19-20H2,1-4H3. The van der Waals surface area contributed by atoms with Crippen molar-refractivity contribution in [3.8, 4) is 23.1 Å². The van der Waals surface area contributed by atoms with Gasteiger partial charge in [0, 0.05) is 31.5 Å². The number of likely N-dealkylation sites (tertiary alicyclic amines) is 1. The lowest BCUT2D eigenvalue weighted by molar-refractivity contribution is -0.139. The molecule has 1 spiro atoms. The van der Waals surface area contributed by atoms with Crippen molar-refractivity contribution in [2.24, 2.45) is 12.5 Å². The molecule has 2 saturated heterocycles. The zero-order valence-corrected chi connectivity index (χ0v) is 25.4. The number of aryl methyl sites for hydroxylation is 3. The Labute approximate surface area is 251 Å². The number of piperidine rings is 1. The number of benzene rings is 2. The van der Waals surface area contributed by atoms with Crippen molar-refractivity contribution in [1.82, 2.24) is 24.6 Å². The fourth-order valence-corrected chi connectivity index (χ4v) is 5.97. The van der Waals surface area contributed by atoms with Crippen LogP contribution >= 0.6 is 0 Å². The van der Waals surface area contributed by atoms with E-state index in [9.17, 15) is 4.79 Å². The number of carbonyl (C=O) groups excluding carboxylic acids is 1. The first-order valence-electron chi connectivity index (χ1n) is 14.9. The van der Waals surface area contributed by atoms with E-state index in [-0.39, 0.29) is 12.2 Å². The molecule has 2 aromatic heterocycles. The number of hydrogen-bond acceptors (Lipinski definition) is 9. The molecule has 2 fully saturated rings. The van der Waals surface area contributed by atoms with Crippen LogP contribution < -0.4 is 14.2 Å². The number of methoxy groups -OCH3 is 1. The Kier molecular flexibility index (Phi) is 8.32. The predicted molar refractivity (Wildman–Crippen MR) is 162 cm³/mol. The van der Waals surface area contributed by atoms with Crippen LogP contribution in [0.5, 0.6) is 23.1 Å². The van der Waals surface area contributed by atoms with E-state index in [0.29, 0.717) is 46.4 Å². The highest BCUT2D eigenvalue weighted by molar-refractivity contribution is 5.96. The summed E-state index contributed by atoms with van der Waals surface area (Å²) in [6.45, 7) is 9.59. The Morgan fingerprint density at radius 2 is 1.86 bits per heavy atom. The smallest absolute Gasteiger partial charge is 0.230 e. The van der Waals surface area contributed by atoms with Gasteiger partial charge >= 0.3 is 0 Å². The van der Waals surface area contributed by atoms with Gasteiger partial charge in [-0.05, 0) is 81.6 Å². The molecule has 0 unspecified atom stereocenters. The lowest BCUT2D eigenvalue weighted by Crippen LogP contribution is -2.51. The van der Waals surface area contributed by atoms with Crippen LogP contribution in [0.25, 0.3) is 10.9 Å². The van der Waals surface area contributed by atoms with Gasteiger partial charge in [-0.1, -0.05) is 6.07 Å². The minimum atomic E-state index is 0.0238. The fraction of sp³-hybridized carbons (Fsp3) is 0.455. The number of ketones is 1. The second-order valence-electron chi connectivity index (χ2n) is 11.8. The molecule has 0 bridgehead atoms. The van der Waals surface area contributed by atoms with Crippen LogP contribution in [0.15, 0.2) is 42.7 Å². The maximum atomic E-state index is 12.9. The molecule has 0 N–H and O–H groups in total. The quantitative estimate of drug-likeness (QED) is 0.176. The normalized spacial score (nSPS) is 16.3. The van der Waals surface area contributed by atoms with Crippen LogP contribution in [0.4, 0.5) is 0 Å². The maximum absolute atomic E-state index is 12.9. The van der Waals surface area contributed by atoms with Crippen molar-refractivity contribution in [3.05, 3.63) is 65.2 Å². The van der Waals surface area contributed by atoms with Gasteiger partial charge in [-0.3, -0.25) is 9.48 Å².